The number of nitrogens with one attached hydrogen (secondary N) is 2. The highest BCUT2D eigenvalue weighted by Crippen LogP contribution is 2.29. The number of rotatable bonds is 6. The quantitative estimate of drug-likeness (QED) is 0.805. The number of aromatic nitrogens is 3. The van der Waals surface area contributed by atoms with Crippen LogP contribution in [0.3, 0.4) is 0 Å². The summed E-state index contributed by atoms with van der Waals surface area (Å²) in [5.74, 6) is 0.244. The fourth-order valence-corrected chi connectivity index (χ4v) is 3.11. The van der Waals surface area contributed by atoms with Crippen LogP contribution in [-0.2, 0) is 11.3 Å². The van der Waals surface area contributed by atoms with E-state index in [2.05, 4.69) is 20.7 Å². The van der Waals surface area contributed by atoms with E-state index in [1.807, 2.05) is 26.0 Å². The summed E-state index contributed by atoms with van der Waals surface area (Å²) >= 11 is 0. The smallest absolute Gasteiger partial charge is 0.319 e. The predicted molar refractivity (Wildman–Crippen MR) is 95.5 cm³/mol. The van der Waals surface area contributed by atoms with Gasteiger partial charge in [0.2, 0.25) is 0 Å². The zero-order chi connectivity index (χ0) is 19.4. The summed E-state index contributed by atoms with van der Waals surface area (Å²) in [6, 6.07) is 2.84. The third kappa shape index (κ3) is 4.79. The Hall–Kier alpha value is -2.55. The molecule has 0 unspecified atom stereocenters. The van der Waals surface area contributed by atoms with E-state index in [1.165, 1.54) is 10.9 Å². The molecule has 1 fully saturated rings. The van der Waals surface area contributed by atoms with Gasteiger partial charge < -0.3 is 15.4 Å². The molecule has 0 saturated carbocycles. The molecule has 0 spiro atoms. The van der Waals surface area contributed by atoms with Gasteiger partial charge in [0.1, 0.15) is 6.10 Å². The predicted octanol–water partition coefficient (Wildman–Crippen LogP) is 3.52. The van der Waals surface area contributed by atoms with Crippen LogP contribution in [0.2, 0.25) is 0 Å². The monoisotopic (exact) mass is 379 g/mol. The normalized spacial score (nSPS) is 19.6. The molecular formula is C18H23F2N5O2. The van der Waals surface area contributed by atoms with Gasteiger partial charge >= 0.3 is 6.03 Å². The van der Waals surface area contributed by atoms with Crippen LogP contribution >= 0.6 is 0 Å². The number of hydrogen-bond donors (Lipinski definition) is 2. The number of carbonyl (C=O) groups excluding carboxylic acids is 1. The van der Waals surface area contributed by atoms with Gasteiger partial charge in [0, 0.05) is 31.7 Å². The topological polar surface area (TPSA) is 81.1 Å². The molecule has 2 atom stereocenters. The lowest BCUT2D eigenvalue weighted by molar-refractivity contribution is 0.100. The third-order valence-corrected chi connectivity index (χ3v) is 4.24. The number of hydrogen-bond acceptors (Lipinski definition) is 4. The van der Waals surface area contributed by atoms with Crippen molar-refractivity contribution < 1.29 is 18.3 Å². The van der Waals surface area contributed by atoms with Crippen molar-refractivity contribution >= 4 is 11.7 Å². The number of urea groups is 1. The van der Waals surface area contributed by atoms with Gasteiger partial charge in [-0.2, -0.15) is 5.10 Å². The van der Waals surface area contributed by atoms with Crippen LogP contribution in [0.15, 0.2) is 30.7 Å². The highest BCUT2D eigenvalue weighted by molar-refractivity contribution is 5.90. The Labute approximate surface area is 156 Å². The second kappa shape index (κ2) is 8.43. The average molecular weight is 379 g/mol. The van der Waals surface area contributed by atoms with Gasteiger partial charge in [0.05, 0.1) is 11.7 Å². The molecule has 1 aliphatic heterocycles. The van der Waals surface area contributed by atoms with Crippen LogP contribution in [-0.4, -0.2) is 33.4 Å². The van der Waals surface area contributed by atoms with E-state index in [0.29, 0.717) is 19.6 Å². The van der Waals surface area contributed by atoms with E-state index < -0.39 is 18.2 Å². The molecule has 1 aliphatic rings. The summed E-state index contributed by atoms with van der Waals surface area (Å²) in [5, 5.41) is 9.21. The molecule has 0 radical (unpaired) electrons. The molecule has 2 aromatic heterocycles. The van der Waals surface area contributed by atoms with E-state index in [4.69, 9.17) is 4.74 Å². The first-order valence-electron chi connectivity index (χ1n) is 8.88. The van der Waals surface area contributed by atoms with Crippen molar-refractivity contribution in [1.29, 1.82) is 0 Å². The van der Waals surface area contributed by atoms with Gasteiger partial charge in [0.25, 0.3) is 6.43 Å². The molecule has 9 heteroatoms. The first-order valence-corrected chi connectivity index (χ1v) is 8.88. The molecule has 3 rings (SSSR count). The van der Waals surface area contributed by atoms with Crippen molar-refractivity contribution in [2.24, 2.45) is 5.92 Å². The van der Waals surface area contributed by atoms with Gasteiger partial charge in [-0.1, -0.05) is 13.8 Å². The minimum Gasteiger partial charge on any atom is -0.371 e. The molecule has 1 saturated heterocycles. The van der Waals surface area contributed by atoms with Crippen molar-refractivity contribution in [3.63, 3.8) is 0 Å². The van der Waals surface area contributed by atoms with E-state index in [1.54, 1.807) is 12.4 Å². The average Bonchev–Trinajstić information content (AvgIpc) is 3.22. The number of alkyl halides is 2. The van der Waals surface area contributed by atoms with Gasteiger partial charge in [-0.3, -0.25) is 9.67 Å². The summed E-state index contributed by atoms with van der Waals surface area (Å²) in [6.45, 7) is 4.92. The van der Waals surface area contributed by atoms with Gasteiger partial charge in [0.15, 0.2) is 5.69 Å². The van der Waals surface area contributed by atoms with Crippen LogP contribution in [0.1, 0.15) is 44.1 Å². The number of amides is 2. The minimum absolute atomic E-state index is 0.0162. The molecule has 0 aromatic carbocycles. The van der Waals surface area contributed by atoms with Crippen molar-refractivity contribution in [2.45, 2.75) is 45.4 Å². The molecule has 0 bridgehead atoms. The zero-order valence-electron chi connectivity index (χ0n) is 15.2. The van der Waals surface area contributed by atoms with Crippen LogP contribution in [0.4, 0.5) is 19.3 Å². The molecular weight excluding hydrogens is 356 g/mol. The van der Waals surface area contributed by atoms with Crippen LogP contribution in [0.25, 0.3) is 0 Å². The minimum atomic E-state index is -2.77. The summed E-state index contributed by atoms with van der Waals surface area (Å²) in [4.78, 5) is 16.4. The largest absolute Gasteiger partial charge is 0.371 e. The lowest BCUT2D eigenvalue weighted by Crippen LogP contribution is -2.39. The van der Waals surface area contributed by atoms with Crippen molar-refractivity contribution in [3.8, 4) is 0 Å². The Kier molecular flexibility index (Phi) is 6.00. The maximum atomic E-state index is 13.2. The maximum absolute atomic E-state index is 13.2. The van der Waals surface area contributed by atoms with Crippen LogP contribution in [0, 0.1) is 5.92 Å². The van der Waals surface area contributed by atoms with E-state index in [-0.39, 0.29) is 23.8 Å². The SMILES string of the molecule is CC(C)Cn1cc(NC(=O)N[C@@H]2CCO[C@H]2c2ccncc2)c(C(F)F)n1. The highest BCUT2D eigenvalue weighted by atomic mass is 19.3. The lowest BCUT2D eigenvalue weighted by atomic mass is 10.0. The lowest BCUT2D eigenvalue weighted by Gasteiger charge is -2.20. The van der Waals surface area contributed by atoms with Crippen LogP contribution < -0.4 is 10.6 Å². The Morgan fingerprint density at radius 3 is 2.78 bits per heavy atom. The molecule has 0 aliphatic carbocycles. The summed E-state index contributed by atoms with van der Waals surface area (Å²) in [7, 11) is 0. The molecule has 27 heavy (non-hydrogen) atoms. The second-order valence-corrected chi connectivity index (χ2v) is 6.91. The number of carbonyl (C=O) groups is 1. The number of pyridine rings is 1. The highest BCUT2D eigenvalue weighted by Gasteiger charge is 2.31. The van der Waals surface area contributed by atoms with Crippen molar-refractivity contribution in [3.05, 3.63) is 42.0 Å². The maximum Gasteiger partial charge on any atom is 0.319 e. The standard InChI is InChI=1S/C18H23F2N5O2/c1-11(2)9-25-10-14(15(24-25)17(19)20)23-18(26)22-13-5-8-27-16(13)12-3-6-21-7-4-12/h3-4,6-7,10-11,13,16-17H,5,8-9H2,1-2H3,(H2,22,23,26)/t13-,16+/m1/s1. The van der Waals surface area contributed by atoms with Gasteiger partial charge in [-0.25, -0.2) is 13.6 Å². The molecule has 2 aromatic rings. The van der Waals surface area contributed by atoms with Gasteiger partial charge in [-0.15, -0.1) is 0 Å². The Bertz CT molecular complexity index is 766. The fourth-order valence-electron chi connectivity index (χ4n) is 3.11. The zero-order valence-corrected chi connectivity index (χ0v) is 15.2. The van der Waals surface area contributed by atoms with Gasteiger partial charge in [-0.05, 0) is 30.0 Å². The second-order valence-electron chi connectivity index (χ2n) is 6.91. The Morgan fingerprint density at radius 2 is 2.11 bits per heavy atom. The number of halogens is 2. The first kappa shape index (κ1) is 19.2. The van der Waals surface area contributed by atoms with E-state index >= 15 is 0 Å². The Balaban J connectivity index is 1.67. The number of anilines is 1. The number of nitrogens with zero attached hydrogens (tertiary/aromatic N) is 3. The van der Waals surface area contributed by atoms with E-state index in [9.17, 15) is 13.6 Å². The van der Waals surface area contributed by atoms with Crippen molar-refractivity contribution in [2.75, 3.05) is 11.9 Å². The summed E-state index contributed by atoms with van der Waals surface area (Å²) in [5.41, 5.74) is 0.493. The molecule has 2 N–H and O–H groups in total. The molecule has 2 amide bonds. The third-order valence-electron chi connectivity index (χ3n) is 4.24. The first-order chi connectivity index (χ1) is 12.9. The Morgan fingerprint density at radius 1 is 1.37 bits per heavy atom. The molecule has 146 valence electrons. The van der Waals surface area contributed by atoms with E-state index in [0.717, 1.165) is 5.56 Å². The number of ether oxygens (including phenoxy) is 1. The molecule has 3 heterocycles. The fraction of sp³-hybridized carbons (Fsp3) is 0.500. The van der Waals surface area contributed by atoms with Crippen LogP contribution in [0.5, 0.6) is 0 Å². The van der Waals surface area contributed by atoms with Crippen molar-refractivity contribution in [1.82, 2.24) is 20.1 Å². The summed E-state index contributed by atoms with van der Waals surface area (Å²) < 4.78 is 33.6. The summed E-state index contributed by atoms with van der Waals surface area (Å²) in [6.07, 6.45) is 2.32. The molecule has 7 nitrogen and oxygen atoms in total.